The van der Waals surface area contributed by atoms with Gasteiger partial charge in [0.2, 0.25) is 0 Å². The van der Waals surface area contributed by atoms with Gasteiger partial charge < -0.3 is 20.7 Å². The average molecular weight is 312 g/mol. The van der Waals surface area contributed by atoms with Gasteiger partial charge in [-0.2, -0.15) is 0 Å². The highest BCUT2D eigenvalue weighted by atomic mass is 32.1. The Morgan fingerprint density at radius 3 is 2.90 bits per heavy atom. The number of hydrogen-bond donors (Lipinski definition) is 2. The quantitative estimate of drug-likeness (QED) is 0.891. The molecule has 1 atom stereocenters. The van der Waals surface area contributed by atoms with Gasteiger partial charge in [0.1, 0.15) is 10.7 Å². The van der Waals surface area contributed by atoms with Crippen LogP contribution in [0.5, 0.6) is 0 Å². The topological polar surface area (TPSA) is 80.5 Å². The van der Waals surface area contributed by atoms with Crippen molar-refractivity contribution in [1.29, 1.82) is 0 Å². The number of piperidine rings is 1. The maximum absolute atomic E-state index is 12.7. The van der Waals surface area contributed by atoms with Crippen LogP contribution in [0.3, 0.4) is 0 Å². The van der Waals surface area contributed by atoms with Crippen LogP contribution in [0.1, 0.15) is 43.3 Å². The molecule has 0 aromatic carbocycles. The molecule has 21 heavy (non-hydrogen) atoms. The van der Waals surface area contributed by atoms with E-state index in [9.17, 15) is 4.79 Å². The SMILES string of the molecule is COC1(C)CCCN(C(=O)c2sc(NC(C)C)nc2N)C1. The third-order valence-electron chi connectivity index (χ3n) is 3.70. The number of anilines is 2. The van der Waals surface area contributed by atoms with Crippen LogP contribution >= 0.6 is 11.3 Å². The van der Waals surface area contributed by atoms with E-state index in [1.165, 1.54) is 11.3 Å². The van der Waals surface area contributed by atoms with Crippen molar-refractivity contribution in [3.05, 3.63) is 4.88 Å². The molecule has 118 valence electrons. The highest BCUT2D eigenvalue weighted by molar-refractivity contribution is 7.18. The zero-order valence-corrected chi connectivity index (χ0v) is 13.9. The molecule has 2 rings (SSSR count). The minimum Gasteiger partial charge on any atom is -0.382 e. The fourth-order valence-corrected chi connectivity index (χ4v) is 3.48. The predicted octanol–water partition coefficient (Wildman–Crippen LogP) is 2.19. The van der Waals surface area contributed by atoms with E-state index in [0.29, 0.717) is 22.4 Å². The lowest BCUT2D eigenvalue weighted by molar-refractivity contribution is -0.0438. The molecule has 0 radical (unpaired) electrons. The Morgan fingerprint density at radius 2 is 2.29 bits per heavy atom. The normalized spacial score (nSPS) is 22.6. The highest BCUT2D eigenvalue weighted by Crippen LogP contribution is 2.30. The standard InChI is InChI=1S/C14H24N4O2S/c1-9(2)16-13-17-11(15)10(21-13)12(19)18-7-5-6-14(3,8-18)20-4/h9H,5-8,15H2,1-4H3,(H,16,17). The van der Waals surface area contributed by atoms with Crippen LogP contribution in [0.2, 0.25) is 0 Å². The molecule has 1 aromatic rings. The van der Waals surface area contributed by atoms with Crippen LogP contribution in [-0.4, -0.2) is 47.6 Å². The Morgan fingerprint density at radius 1 is 1.57 bits per heavy atom. The Balaban J connectivity index is 2.14. The molecule has 6 nitrogen and oxygen atoms in total. The molecule has 2 heterocycles. The number of nitrogens with zero attached hydrogens (tertiary/aromatic N) is 2. The first kappa shape index (κ1) is 16.0. The number of nitrogen functional groups attached to an aromatic ring is 1. The van der Waals surface area contributed by atoms with E-state index in [4.69, 9.17) is 10.5 Å². The molecule has 1 aromatic heterocycles. The van der Waals surface area contributed by atoms with E-state index < -0.39 is 0 Å². The van der Waals surface area contributed by atoms with Gasteiger partial charge in [-0.1, -0.05) is 11.3 Å². The summed E-state index contributed by atoms with van der Waals surface area (Å²) in [6.45, 7) is 7.41. The molecule has 1 saturated heterocycles. The predicted molar refractivity (Wildman–Crippen MR) is 85.8 cm³/mol. The zero-order valence-electron chi connectivity index (χ0n) is 13.1. The van der Waals surface area contributed by atoms with E-state index in [1.54, 1.807) is 7.11 Å². The van der Waals surface area contributed by atoms with E-state index >= 15 is 0 Å². The number of ether oxygens (including phenoxy) is 1. The molecule has 0 saturated carbocycles. The lowest BCUT2D eigenvalue weighted by Crippen LogP contribution is -2.49. The van der Waals surface area contributed by atoms with Crippen molar-refractivity contribution in [3.8, 4) is 0 Å². The summed E-state index contributed by atoms with van der Waals surface area (Å²) in [4.78, 5) is 19.2. The number of nitrogens with one attached hydrogen (secondary N) is 1. The third kappa shape index (κ3) is 3.65. The first-order chi connectivity index (χ1) is 9.84. The molecule has 3 N–H and O–H groups in total. The van der Waals surface area contributed by atoms with Crippen molar-refractivity contribution in [2.45, 2.75) is 45.3 Å². The summed E-state index contributed by atoms with van der Waals surface area (Å²) in [5, 5.41) is 3.88. The van der Waals surface area contributed by atoms with Crippen LogP contribution < -0.4 is 11.1 Å². The van der Waals surface area contributed by atoms with Gasteiger partial charge in [0.15, 0.2) is 5.13 Å². The van der Waals surface area contributed by atoms with Gasteiger partial charge in [-0.25, -0.2) is 4.98 Å². The van der Waals surface area contributed by atoms with Gasteiger partial charge in [-0.05, 0) is 33.6 Å². The number of nitrogens with two attached hydrogens (primary N) is 1. The molecule has 1 amide bonds. The molecule has 7 heteroatoms. The van der Waals surface area contributed by atoms with Crippen LogP contribution in [0.25, 0.3) is 0 Å². The van der Waals surface area contributed by atoms with Crippen molar-refractivity contribution in [3.63, 3.8) is 0 Å². The number of methoxy groups -OCH3 is 1. The summed E-state index contributed by atoms with van der Waals surface area (Å²) in [7, 11) is 1.69. The van der Waals surface area contributed by atoms with Crippen LogP contribution in [0.15, 0.2) is 0 Å². The fourth-order valence-electron chi connectivity index (χ4n) is 2.48. The second-order valence-corrected chi connectivity index (χ2v) is 7.02. The van der Waals surface area contributed by atoms with Gasteiger partial charge >= 0.3 is 0 Å². The second-order valence-electron chi connectivity index (χ2n) is 6.02. The summed E-state index contributed by atoms with van der Waals surface area (Å²) in [6, 6.07) is 0.255. The van der Waals surface area contributed by atoms with E-state index in [2.05, 4.69) is 10.3 Å². The highest BCUT2D eigenvalue weighted by Gasteiger charge is 2.34. The van der Waals surface area contributed by atoms with Crippen molar-refractivity contribution < 1.29 is 9.53 Å². The van der Waals surface area contributed by atoms with Gasteiger partial charge in [-0.15, -0.1) is 0 Å². The summed E-state index contributed by atoms with van der Waals surface area (Å²) in [5.74, 6) is 0.252. The molecule has 1 aliphatic heterocycles. The minimum atomic E-state index is -0.271. The molecule has 0 spiro atoms. The minimum absolute atomic E-state index is 0.0511. The number of carbonyl (C=O) groups is 1. The maximum Gasteiger partial charge on any atom is 0.267 e. The Hall–Kier alpha value is -1.34. The van der Waals surface area contributed by atoms with Gasteiger partial charge in [0.05, 0.1) is 5.60 Å². The number of likely N-dealkylation sites (tertiary alicyclic amines) is 1. The molecule has 1 aliphatic rings. The second kappa shape index (κ2) is 6.19. The number of carbonyl (C=O) groups excluding carboxylic acids is 1. The maximum atomic E-state index is 12.7. The Kier molecular flexibility index (Phi) is 4.73. The van der Waals surface area contributed by atoms with Crippen molar-refractivity contribution in [2.75, 3.05) is 31.2 Å². The molecular weight excluding hydrogens is 288 g/mol. The summed E-state index contributed by atoms with van der Waals surface area (Å²) in [6.07, 6.45) is 1.90. The fraction of sp³-hybridized carbons (Fsp3) is 0.714. The number of aromatic nitrogens is 1. The smallest absolute Gasteiger partial charge is 0.267 e. The van der Waals surface area contributed by atoms with E-state index in [1.807, 2.05) is 25.7 Å². The number of hydrogen-bond acceptors (Lipinski definition) is 6. The summed E-state index contributed by atoms with van der Waals surface area (Å²) < 4.78 is 5.53. The monoisotopic (exact) mass is 312 g/mol. The lowest BCUT2D eigenvalue weighted by atomic mass is 9.94. The van der Waals surface area contributed by atoms with E-state index in [-0.39, 0.29) is 17.6 Å². The van der Waals surface area contributed by atoms with Crippen LogP contribution in [0.4, 0.5) is 10.9 Å². The van der Waals surface area contributed by atoms with Crippen molar-refractivity contribution in [1.82, 2.24) is 9.88 Å². The molecular formula is C14H24N4O2S. The zero-order chi connectivity index (χ0) is 15.6. The van der Waals surface area contributed by atoms with Gasteiger partial charge in [0, 0.05) is 26.2 Å². The summed E-state index contributed by atoms with van der Waals surface area (Å²) in [5.41, 5.74) is 5.63. The lowest BCUT2D eigenvalue weighted by Gasteiger charge is -2.39. The van der Waals surface area contributed by atoms with Gasteiger partial charge in [-0.3, -0.25) is 4.79 Å². The van der Waals surface area contributed by atoms with Crippen molar-refractivity contribution in [2.24, 2.45) is 0 Å². The first-order valence-corrected chi connectivity index (χ1v) is 8.03. The molecule has 0 bridgehead atoms. The molecule has 1 unspecified atom stereocenters. The Labute approximate surface area is 129 Å². The average Bonchev–Trinajstić information content (AvgIpc) is 2.78. The van der Waals surface area contributed by atoms with E-state index in [0.717, 1.165) is 19.4 Å². The summed E-state index contributed by atoms with van der Waals surface area (Å²) >= 11 is 1.32. The number of rotatable bonds is 4. The number of thiazole rings is 1. The number of amides is 1. The van der Waals surface area contributed by atoms with Gasteiger partial charge in [0.25, 0.3) is 5.91 Å². The molecule has 1 fully saturated rings. The van der Waals surface area contributed by atoms with Crippen LogP contribution in [0, 0.1) is 0 Å². The third-order valence-corrected chi connectivity index (χ3v) is 4.69. The molecule has 0 aliphatic carbocycles. The van der Waals surface area contributed by atoms with Crippen molar-refractivity contribution >= 4 is 28.2 Å². The first-order valence-electron chi connectivity index (χ1n) is 7.22. The Bertz CT molecular complexity index is 517. The van der Waals surface area contributed by atoms with Crippen LogP contribution in [-0.2, 0) is 4.74 Å². The largest absolute Gasteiger partial charge is 0.382 e.